The van der Waals surface area contributed by atoms with Crippen molar-refractivity contribution in [2.24, 2.45) is 11.3 Å². The quantitative estimate of drug-likeness (QED) is 0.901. The molecular formula is C19H24N2O4. The van der Waals surface area contributed by atoms with Crippen LogP contribution < -0.4 is 0 Å². The van der Waals surface area contributed by atoms with E-state index in [9.17, 15) is 19.5 Å². The summed E-state index contributed by atoms with van der Waals surface area (Å²) >= 11 is 0. The van der Waals surface area contributed by atoms with Gasteiger partial charge in [0.25, 0.3) is 0 Å². The predicted octanol–water partition coefficient (Wildman–Crippen LogP) is 1.67. The van der Waals surface area contributed by atoms with Crippen LogP contribution in [-0.4, -0.2) is 52.3 Å². The minimum atomic E-state index is -0.875. The molecule has 1 N–H and O–H groups in total. The SMILES string of the molecule is Cc1ccc(CN2C[C@H](C(=O)N3CC[C@@](C)(C(=O)O)C3)CC2=O)cc1. The first kappa shape index (κ1) is 17.5. The van der Waals surface area contributed by atoms with E-state index in [1.54, 1.807) is 16.7 Å². The van der Waals surface area contributed by atoms with Gasteiger partial charge >= 0.3 is 5.97 Å². The molecule has 2 aliphatic heterocycles. The van der Waals surface area contributed by atoms with Crippen LogP contribution in [-0.2, 0) is 20.9 Å². The van der Waals surface area contributed by atoms with E-state index in [1.807, 2.05) is 31.2 Å². The minimum absolute atomic E-state index is 0.0147. The predicted molar refractivity (Wildman–Crippen MR) is 91.6 cm³/mol. The zero-order valence-corrected chi connectivity index (χ0v) is 14.7. The highest BCUT2D eigenvalue weighted by Gasteiger charge is 2.45. The number of carboxylic acids is 1. The topological polar surface area (TPSA) is 77.9 Å². The maximum absolute atomic E-state index is 12.7. The second-order valence-electron chi connectivity index (χ2n) is 7.54. The van der Waals surface area contributed by atoms with Crippen LogP contribution in [0.15, 0.2) is 24.3 Å². The Hall–Kier alpha value is -2.37. The molecule has 6 heteroatoms. The molecule has 0 spiro atoms. The van der Waals surface area contributed by atoms with Crippen molar-refractivity contribution in [2.75, 3.05) is 19.6 Å². The van der Waals surface area contributed by atoms with Crippen molar-refractivity contribution in [3.8, 4) is 0 Å². The average molecular weight is 344 g/mol. The number of aliphatic carboxylic acids is 1. The molecule has 3 rings (SSSR count). The van der Waals surface area contributed by atoms with Gasteiger partial charge in [-0.2, -0.15) is 0 Å². The Kier molecular flexibility index (Phi) is 4.54. The standard InChI is InChI=1S/C19H24N2O4/c1-13-3-5-14(6-4-13)10-21-11-15(9-16(21)22)17(23)20-8-7-19(2,12-20)18(24)25/h3-6,15H,7-12H2,1-2H3,(H,24,25)/t15-,19-/m1/s1. The van der Waals surface area contributed by atoms with E-state index in [1.165, 1.54) is 5.56 Å². The number of nitrogens with zero attached hydrogens (tertiary/aromatic N) is 2. The zero-order chi connectivity index (χ0) is 18.2. The third-order valence-electron chi connectivity index (χ3n) is 5.36. The first-order valence-corrected chi connectivity index (χ1v) is 8.64. The highest BCUT2D eigenvalue weighted by molar-refractivity contribution is 5.90. The normalized spacial score (nSPS) is 26.3. The Bertz CT molecular complexity index is 700. The van der Waals surface area contributed by atoms with Gasteiger partial charge in [0.2, 0.25) is 11.8 Å². The molecule has 0 unspecified atom stereocenters. The maximum atomic E-state index is 12.7. The number of rotatable bonds is 4. The van der Waals surface area contributed by atoms with Crippen molar-refractivity contribution in [1.82, 2.24) is 9.80 Å². The summed E-state index contributed by atoms with van der Waals surface area (Å²) in [7, 11) is 0. The number of aryl methyl sites for hydroxylation is 1. The van der Waals surface area contributed by atoms with E-state index in [2.05, 4.69) is 0 Å². The number of carboxylic acid groups (broad SMARTS) is 1. The summed E-state index contributed by atoms with van der Waals surface area (Å²) in [6.07, 6.45) is 0.673. The van der Waals surface area contributed by atoms with E-state index in [-0.39, 0.29) is 30.7 Å². The van der Waals surface area contributed by atoms with Crippen molar-refractivity contribution in [2.45, 2.75) is 33.2 Å². The van der Waals surface area contributed by atoms with Gasteiger partial charge in [-0.1, -0.05) is 29.8 Å². The van der Waals surface area contributed by atoms with Gasteiger partial charge in [0, 0.05) is 32.6 Å². The Balaban J connectivity index is 1.61. The van der Waals surface area contributed by atoms with Crippen LogP contribution in [0.3, 0.4) is 0 Å². The number of carbonyl (C=O) groups excluding carboxylic acids is 2. The van der Waals surface area contributed by atoms with Crippen molar-refractivity contribution in [3.05, 3.63) is 35.4 Å². The van der Waals surface area contributed by atoms with Gasteiger partial charge in [-0.05, 0) is 25.8 Å². The second kappa shape index (κ2) is 6.50. The summed E-state index contributed by atoms with van der Waals surface area (Å²) in [5.41, 5.74) is 1.34. The summed E-state index contributed by atoms with van der Waals surface area (Å²) < 4.78 is 0. The molecule has 1 aromatic carbocycles. The lowest BCUT2D eigenvalue weighted by Crippen LogP contribution is -2.38. The summed E-state index contributed by atoms with van der Waals surface area (Å²) in [6, 6.07) is 8.01. The molecule has 0 bridgehead atoms. The van der Waals surface area contributed by atoms with Crippen LogP contribution in [0.5, 0.6) is 0 Å². The lowest BCUT2D eigenvalue weighted by Gasteiger charge is -2.23. The van der Waals surface area contributed by atoms with Gasteiger partial charge in [-0.25, -0.2) is 0 Å². The van der Waals surface area contributed by atoms with Crippen LogP contribution >= 0.6 is 0 Å². The highest BCUT2D eigenvalue weighted by atomic mass is 16.4. The average Bonchev–Trinajstić information content (AvgIpc) is 3.14. The lowest BCUT2D eigenvalue weighted by atomic mass is 9.90. The Morgan fingerprint density at radius 2 is 1.96 bits per heavy atom. The fourth-order valence-corrected chi connectivity index (χ4v) is 3.59. The van der Waals surface area contributed by atoms with Gasteiger partial charge in [-0.15, -0.1) is 0 Å². The van der Waals surface area contributed by atoms with Crippen molar-refractivity contribution >= 4 is 17.8 Å². The highest BCUT2D eigenvalue weighted by Crippen LogP contribution is 2.32. The molecule has 0 radical (unpaired) electrons. The number of carbonyl (C=O) groups is 3. The first-order valence-electron chi connectivity index (χ1n) is 8.64. The zero-order valence-electron chi connectivity index (χ0n) is 14.7. The molecule has 2 atom stereocenters. The van der Waals surface area contributed by atoms with E-state index in [0.717, 1.165) is 5.56 Å². The van der Waals surface area contributed by atoms with E-state index >= 15 is 0 Å². The summed E-state index contributed by atoms with van der Waals surface area (Å²) in [5.74, 6) is -1.34. The van der Waals surface area contributed by atoms with Crippen LogP contribution in [0.1, 0.15) is 30.9 Å². The maximum Gasteiger partial charge on any atom is 0.311 e. The van der Waals surface area contributed by atoms with Crippen molar-refractivity contribution in [1.29, 1.82) is 0 Å². The van der Waals surface area contributed by atoms with Gasteiger partial charge in [0.15, 0.2) is 0 Å². The lowest BCUT2D eigenvalue weighted by molar-refractivity contribution is -0.147. The molecule has 2 heterocycles. The van der Waals surface area contributed by atoms with Crippen LogP contribution in [0.25, 0.3) is 0 Å². The Morgan fingerprint density at radius 1 is 1.28 bits per heavy atom. The van der Waals surface area contributed by atoms with Gasteiger partial charge in [0.05, 0.1) is 11.3 Å². The molecule has 25 heavy (non-hydrogen) atoms. The van der Waals surface area contributed by atoms with Crippen molar-refractivity contribution < 1.29 is 19.5 Å². The smallest absolute Gasteiger partial charge is 0.311 e. The molecule has 134 valence electrons. The summed E-state index contributed by atoms with van der Waals surface area (Å²) in [5, 5.41) is 9.30. The number of hydrogen-bond donors (Lipinski definition) is 1. The Morgan fingerprint density at radius 3 is 2.56 bits per heavy atom. The number of amides is 2. The molecule has 0 saturated carbocycles. The summed E-state index contributed by atoms with van der Waals surface area (Å²) in [4.78, 5) is 39.7. The Labute approximate surface area is 147 Å². The van der Waals surface area contributed by atoms with Gasteiger partial charge < -0.3 is 14.9 Å². The molecule has 0 aromatic heterocycles. The van der Waals surface area contributed by atoms with Gasteiger partial charge in [-0.3, -0.25) is 14.4 Å². The largest absolute Gasteiger partial charge is 0.481 e. The third kappa shape index (κ3) is 3.52. The molecule has 2 amide bonds. The fourth-order valence-electron chi connectivity index (χ4n) is 3.59. The molecule has 2 saturated heterocycles. The molecular weight excluding hydrogens is 320 g/mol. The van der Waals surface area contributed by atoms with Crippen molar-refractivity contribution in [3.63, 3.8) is 0 Å². The van der Waals surface area contributed by atoms with Crippen LogP contribution in [0.2, 0.25) is 0 Å². The molecule has 6 nitrogen and oxygen atoms in total. The number of likely N-dealkylation sites (tertiary alicyclic amines) is 2. The summed E-state index contributed by atoms with van der Waals surface area (Å²) in [6.45, 7) is 5.28. The fraction of sp³-hybridized carbons (Fsp3) is 0.526. The molecule has 0 aliphatic carbocycles. The molecule has 2 aliphatic rings. The van der Waals surface area contributed by atoms with Crippen LogP contribution in [0, 0.1) is 18.3 Å². The van der Waals surface area contributed by atoms with Gasteiger partial charge in [0.1, 0.15) is 0 Å². The molecule has 2 fully saturated rings. The van der Waals surface area contributed by atoms with E-state index in [0.29, 0.717) is 26.1 Å². The minimum Gasteiger partial charge on any atom is -0.481 e. The van der Waals surface area contributed by atoms with E-state index in [4.69, 9.17) is 0 Å². The van der Waals surface area contributed by atoms with E-state index < -0.39 is 11.4 Å². The molecule has 1 aromatic rings. The number of hydrogen-bond acceptors (Lipinski definition) is 3. The third-order valence-corrected chi connectivity index (χ3v) is 5.36. The first-order chi connectivity index (χ1) is 11.8. The second-order valence-corrected chi connectivity index (χ2v) is 7.54. The number of benzene rings is 1. The van der Waals surface area contributed by atoms with Crippen LogP contribution in [0.4, 0.5) is 0 Å². The monoisotopic (exact) mass is 344 g/mol.